The van der Waals surface area contributed by atoms with Crippen LogP contribution in [0.15, 0.2) is 59.5 Å². The topological polar surface area (TPSA) is 46.6 Å². The molecule has 0 aromatic heterocycles. The molecule has 4 nitrogen and oxygen atoms in total. The SMILES string of the molecule is O=C1c2ccccc2C(=O)N1OCSc1ccccc1. The van der Waals surface area contributed by atoms with Crippen LogP contribution in [-0.4, -0.2) is 22.8 Å². The summed E-state index contributed by atoms with van der Waals surface area (Å²) in [6, 6.07) is 16.4. The summed E-state index contributed by atoms with van der Waals surface area (Å²) in [4.78, 5) is 30.4. The number of benzene rings is 2. The van der Waals surface area contributed by atoms with Crippen molar-refractivity contribution in [2.24, 2.45) is 0 Å². The van der Waals surface area contributed by atoms with Crippen molar-refractivity contribution in [3.63, 3.8) is 0 Å². The van der Waals surface area contributed by atoms with Gasteiger partial charge in [-0.3, -0.25) is 14.4 Å². The monoisotopic (exact) mass is 285 g/mol. The summed E-state index contributed by atoms with van der Waals surface area (Å²) in [5.74, 6) is -0.603. The van der Waals surface area contributed by atoms with Gasteiger partial charge in [-0.2, -0.15) is 0 Å². The summed E-state index contributed by atoms with van der Waals surface area (Å²) in [6.07, 6.45) is 0. The largest absolute Gasteiger partial charge is 0.285 e. The van der Waals surface area contributed by atoms with Crippen molar-refractivity contribution in [1.82, 2.24) is 5.06 Å². The van der Waals surface area contributed by atoms with Crippen LogP contribution in [-0.2, 0) is 4.84 Å². The highest BCUT2D eigenvalue weighted by Crippen LogP contribution is 2.24. The van der Waals surface area contributed by atoms with Crippen molar-refractivity contribution in [2.75, 3.05) is 5.94 Å². The van der Waals surface area contributed by atoms with E-state index < -0.39 is 11.8 Å². The van der Waals surface area contributed by atoms with Gasteiger partial charge in [0.25, 0.3) is 11.8 Å². The molecule has 0 saturated heterocycles. The third-order valence-corrected chi connectivity index (χ3v) is 3.74. The Bertz CT molecular complexity index is 622. The van der Waals surface area contributed by atoms with Crippen LogP contribution in [0.3, 0.4) is 0 Å². The van der Waals surface area contributed by atoms with Gasteiger partial charge in [0.1, 0.15) is 5.94 Å². The van der Waals surface area contributed by atoms with Crippen LogP contribution >= 0.6 is 11.8 Å². The zero-order valence-electron chi connectivity index (χ0n) is 10.5. The predicted molar refractivity (Wildman–Crippen MR) is 75.2 cm³/mol. The highest BCUT2D eigenvalue weighted by atomic mass is 32.2. The molecule has 2 aromatic rings. The molecule has 100 valence electrons. The van der Waals surface area contributed by atoms with Gasteiger partial charge in [-0.1, -0.05) is 42.1 Å². The lowest BCUT2D eigenvalue weighted by atomic mass is 10.1. The molecule has 0 unspecified atom stereocenters. The molecule has 1 heterocycles. The zero-order valence-corrected chi connectivity index (χ0v) is 11.3. The second-order valence-corrected chi connectivity index (χ2v) is 5.15. The van der Waals surface area contributed by atoms with Crippen molar-refractivity contribution in [2.45, 2.75) is 4.90 Å². The third-order valence-electron chi connectivity index (χ3n) is 2.91. The minimum absolute atomic E-state index is 0.204. The summed E-state index contributed by atoms with van der Waals surface area (Å²) in [6.45, 7) is 0. The second-order valence-electron chi connectivity index (χ2n) is 4.15. The molecule has 0 radical (unpaired) electrons. The minimum atomic E-state index is -0.403. The van der Waals surface area contributed by atoms with E-state index in [2.05, 4.69) is 0 Å². The fourth-order valence-corrected chi connectivity index (χ4v) is 2.59. The van der Waals surface area contributed by atoms with Gasteiger partial charge in [-0.15, -0.1) is 5.06 Å². The number of thioether (sulfide) groups is 1. The molecular formula is C15H11NO3S. The van der Waals surface area contributed by atoms with Crippen LogP contribution in [0.25, 0.3) is 0 Å². The maximum atomic E-state index is 12.0. The Morgan fingerprint density at radius 1 is 0.850 bits per heavy atom. The van der Waals surface area contributed by atoms with Gasteiger partial charge in [0.2, 0.25) is 0 Å². The van der Waals surface area contributed by atoms with Gasteiger partial charge >= 0.3 is 0 Å². The number of hydrogen-bond acceptors (Lipinski definition) is 4. The molecule has 0 N–H and O–H groups in total. The number of imide groups is 1. The van der Waals surface area contributed by atoms with Crippen LogP contribution < -0.4 is 0 Å². The maximum absolute atomic E-state index is 12.0. The van der Waals surface area contributed by atoms with E-state index in [1.807, 2.05) is 30.3 Å². The van der Waals surface area contributed by atoms with Crippen molar-refractivity contribution in [1.29, 1.82) is 0 Å². The number of hydrogen-bond donors (Lipinski definition) is 0. The van der Waals surface area contributed by atoms with Gasteiger partial charge < -0.3 is 0 Å². The fourth-order valence-electron chi connectivity index (χ4n) is 1.95. The molecule has 0 atom stereocenters. The number of rotatable bonds is 4. The van der Waals surface area contributed by atoms with Gasteiger partial charge in [0.05, 0.1) is 11.1 Å². The lowest BCUT2D eigenvalue weighted by molar-refractivity contribution is -0.0714. The van der Waals surface area contributed by atoms with Crippen molar-refractivity contribution < 1.29 is 14.4 Å². The predicted octanol–water partition coefficient (Wildman–Crippen LogP) is 2.96. The Labute approximate surface area is 120 Å². The zero-order chi connectivity index (χ0) is 13.9. The van der Waals surface area contributed by atoms with Crippen LogP contribution in [0.4, 0.5) is 0 Å². The number of amides is 2. The molecule has 2 aromatic carbocycles. The Morgan fingerprint density at radius 2 is 1.40 bits per heavy atom. The molecular weight excluding hydrogens is 274 g/mol. The minimum Gasteiger partial charge on any atom is -0.266 e. The lowest BCUT2D eigenvalue weighted by Crippen LogP contribution is -2.29. The first-order valence-corrected chi connectivity index (χ1v) is 7.04. The Morgan fingerprint density at radius 3 is 2.00 bits per heavy atom. The van der Waals surface area contributed by atoms with Crippen LogP contribution in [0, 0.1) is 0 Å². The average molecular weight is 285 g/mol. The molecule has 20 heavy (non-hydrogen) atoms. The van der Waals surface area contributed by atoms with E-state index in [1.54, 1.807) is 24.3 Å². The van der Waals surface area contributed by atoms with E-state index in [1.165, 1.54) is 11.8 Å². The summed E-state index contributed by atoms with van der Waals surface area (Å²) < 4.78 is 0. The molecule has 0 bridgehead atoms. The van der Waals surface area contributed by atoms with E-state index >= 15 is 0 Å². The smallest absolute Gasteiger partial charge is 0.266 e. The highest BCUT2D eigenvalue weighted by molar-refractivity contribution is 7.99. The van der Waals surface area contributed by atoms with Crippen LogP contribution in [0.5, 0.6) is 0 Å². The number of nitrogens with zero attached hydrogens (tertiary/aromatic N) is 1. The lowest BCUT2D eigenvalue weighted by Gasteiger charge is -2.12. The van der Waals surface area contributed by atoms with E-state index in [0.717, 1.165) is 9.96 Å². The first kappa shape index (κ1) is 12.9. The normalized spacial score (nSPS) is 13.7. The molecule has 0 aliphatic carbocycles. The first-order chi connectivity index (χ1) is 9.77. The first-order valence-electron chi connectivity index (χ1n) is 6.06. The fraction of sp³-hybridized carbons (Fsp3) is 0.0667. The molecule has 3 rings (SSSR count). The summed E-state index contributed by atoms with van der Waals surface area (Å²) in [7, 11) is 0. The summed E-state index contributed by atoms with van der Waals surface area (Å²) >= 11 is 1.42. The van der Waals surface area contributed by atoms with E-state index in [0.29, 0.717) is 11.1 Å². The van der Waals surface area contributed by atoms with Gasteiger partial charge in [0.15, 0.2) is 0 Å². The maximum Gasteiger partial charge on any atom is 0.285 e. The van der Waals surface area contributed by atoms with Gasteiger partial charge in [-0.05, 0) is 24.3 Å². The Hall–Kier alpha value is -2.11. The van der Waals surface area contributed by atoms with Gasteiger partial charge in [-0.25, -0.2) is 0 Å². The highest BCUT2D eigenvalue weighted by Gasteiger charge is 2.36. The molecule has 0 fully saturated rings. The number of fused-ring (bicyclic) bond motifs is 1. The van der Waals surface area contributed by atoms with Crippen molar-refractivity contribution in [3.8, 4) is 0 Å². The molecule has 1 aliphatic rings. The van der Waals surface area contributed by atoms with Crippen molar-refractivity contribution >= 4 is 23.6 Å². The summed E-state index contributed by atoms with van der Waals surface area (Å²) in [5, 5.41) is 0.834. The van der Waals surface area contributed by atoms with E-state index in [-0.39, 0.29) is 5.94 Å². The molecule has 0 spiro atoms. The number of carbonyl (C=O) groups excluding carboxylic acids is 2. The van der Waals surface area contributed by atoms with Crippen molar-refractivity contribution in [3.05, 3.63) is 65.7 Å². The third kappa shape index (κ3) is 2.33. The van der Waals surface area contributed by atoms with Gasteiger partial charge in [0, 0.05) is 4.90 Å². The number of hydroxylamine groups is 2. The Balaban J connectivity index is 1.65. The molecule has 2 amide bonds. The van der Waals surface area contributed by atoms with E-state index in [4.69, 9.17) is 4.84 Å². The standard InChI is InChI=1S/C15H11NO3S/c17-14-12-8-4-5-9-13(12)15(18)16(14)19-10-20-11-6-2-1-3-7-11/h1-9H,10H2. The van der Waals surface area contributed by atoms with Crippen LogP contribution in [0.1, 0.15) is 20.7 Å². The molecule has 5 heteroatoms. The number of carbonyl (C=O) groups is 2. The van der Waals surface area contributed by atoms with Crippen LogP contribution in [0.2, 0.25) is 0 Å². The quantitative estimate of drug-likeness (QED) is 0.492. The second kappa shape index (κ2) is 5.48. The molecule has 0 saturated carbocycles. The van der Waals surface area contributed by atoms with E-state index in [9.17, 15) is 9.59 Å². The summed E-state index contributed by atoms with van der Waals surface area (Å²) in [5.41, 5.74) is 0.782. The molecule has 1 aliphatic heterocycles. The Kier molecular flexibility index (Phi) is 3.54. The average Bonchev–Trinajstić information content (AvgIpc) is 2.74.